The molecule has 0 bridgehead atoms. The van der Waals surface area contributed by atoms with Gasteiger partial charge < -0.3 is 10.4 Å². The van der Waals surface area contributed by atoms with Crippen LogP contribution in [0.3, 0.4) is 0 Å². The van der Waals surface area contributed by atoms with Gasteiger partial charge in [-0.1, -0.05) is 6.07 Å². The van der Waals surface area contributed by atoms with Gasteiger partial charge in [0.25, 0.3) is 5.69 Å². The van der Waals surface area contributed by atoms with E-state index in [1.807, 2.05) is 0 Å². The zero-order chi connectivity index (χ0) is 12.0. The van der Waals surface area contributed by atoms with Crippen molar-refractivity contribution in [2.24, 2.45) is 0 Å². The van der Waals surface area contributed by atoms with Crippen LogP contribution in [0, 0.1) is 10.1 Å². The summed E-state index contributed by atoms with van der Waals surface area (Å²) in [5, 5.41) is 21.8. The van der Waals surface area contributed by atoms with E-state index < -0.39 is 10.9 Å². The topological polar surface area (TPSA) is 92.5 Å². The average molecular weight is 224 g/mol. The van der Waals surface area contributed by atoms with Crippen molar-refractivity contribution in [2.45, 2.75) is 12.8 Å². The Balaban J connectivity index is 2.45. The SMILES string of the molecule is O=C(O)CCCNc1cccc([N+](=O)[O-])c1. The van der Waals surface area contributed by atoms with Gasteiger partial charge in [-0.25, -0.2) is 0 Å². The number of nitro benzene ring substituents is 1. The fraction of sp³-hybridized carbons (Fsp3) is 0.300. The first-order chi connectivity index (χ1) is 7.59. The summed E-state index contributed by atoms with van der Waals surface area (Å²) < 4.78 is 0. The van der Waals surface area contributed by atoms with Gasteiger partial charge in [0.2, 0.25) is 0 Å². The molecule has 0 amide bonds. The second-order valence-corrected chi connectivity index (χ2v) is 3.23. The molecule has 0 spiro atoms. The molecule has 0 aliphatic rings. The summed E-state index contributed by atoms with van der Waals surface area (Å²) in [4.78, 5) is 20.2. The number of hydrogen-bond donors (Lipinski definition) is 2. The summed E-state index contributed by atoms with van der Waals surface area (Å²) >= 11 is 0. The van der Waals surface area contributed by atoms with Gasteiger partial charge in [0.05, 0.1) is 4.92 Å². The summed E-state index contributed by atoms with van der Waals surface area (Å²) in [7, 11) is 0. The van der Waals surface area contributed by atoms with E-state index in [0.717, 1.165) is 0 Å². The normalized spacial score (nSPS) is 9.75. The lowest BCUT2D eigenvalue weighted by atomic mass is 10.2. The minimum absolute atomic E-state index is 0.0169. The third-order valence-corrected chi connectivity index (χ3v) is 1.95. The van der Waals surface area contributed by atoms with E-state index in [9.17, 15) is 14.9 Å². The number of rotatable bonds is 6. The molecule has 16 heavy (non-hydrogen) atoms. The van der Waals surface area contributed by atoms with Crippen LogP contribution in [0.2, 0.25) is 0 Å². The zero-order valence-electron chi connectivity index (χ0n) is 8.55. The molecule has 2 N–H and O–H groups in total. The Morgan fingerprint density at radius 3 is 2.88 bits per heavy atom. The first-order valence-corrected chi connectivity index (χ1v) is 4.79. The van der Waals surface area contributed by atoms with Gasteiger partial charge in [-0.2, -0.15) is 0 Å². The number of carboxylic acids is 1. The minimum Gasteiger partial charge on any atom is -0.481 e. The molecule has 0 radical (unpaired) electrons. The number of nitrogens with one attached hydrogen (secondary N) is 1. The fourth-order valence-corrected chi connectivity index (χ4v) is 1.20. The van der Waals surface area contributed by atoms with Gasteiger partial charge >= 0.3 is 5.97 Å². The van der Waals surface area contributed by atoms with Crippen LogP contribution in [0.25, 0.3) is 0 Å². The monoisotopic (exact) mass is 224 g/mol. The maximum absolute atomic E-state index is 10.5. The van der Waals surface area contributed by atoms with Crippen molar-refractivity contribution >= 4 is 17.3 Å². The molecule has 0 unspecified atom stereocenters. The lowest BCUT2D eigenvalue weighted by molar-refractivity contribution is -0.384. The summed E-state index contributed by atoms with van der Waals surface area (Å²) in [6.45, 7) is 0.480. The van der Waals surface area contributed by atoms with Crippen molar-refractivity contribution in [1.82, 2.24) is 0 Å². The van der Waals surface area contributed by atoms with Crippen LogP contribution in [0.15, 0.2) is 24.3 Å². The molecule has 1 rings (SSSR count). The number of anilines is 1. The molecule has 1 aromatic rings. The van der Waals surface area contributed by atoms with Crippen molar-refractivity contribution in [2.75, 3.05) is 11.9 Å². The molecular formula is C10H12N2O4. The van der Waals surface area contributed by atoms with Gasteiger partial charge in [-0.3, -0.25) is 14.9 Å². The van der Waals surface area contributed by atoms with E-state index in [-0.39, 0.29) is 12.1 Å². The third-order valence-electron chi connectivity index (χ3n) is 1.95. The predicted octanol–water partition coefficient (Wildman–Crippen LogP) is 1.87. The molecule has 0 aliphatic carbocycles. The average Bonchev–Trinajstić information content (AvgIpc) is 2.24. The summed E-state index contributed by atoms with van der Waals surface area (Å²) in [6.07, 6.45) is 0.569. The molecule has 0 aliphatic heterocycles. The molecule has 0 aromatic heterocycles. The van der Waals surface area contributed by atoms with E-state index in [1.54, 1.807) is 12.1 Å². The molecule has 1 aromatic carbocycles. The Bertz CT molecular complexity index is 392. The molecule has 86 valence electrons. The molecule has 0 fully saturated rings. The largest absolute Gasteiger partial charge is 0.481 e. The smallest absolute Gasteiger partial charge is 0.303 e. The number of non-ortho nitro benzene ring substituents is 1. The van der Waals surface area contributed by atoms with Crippen molar-refractivity contribution in [3.8, 4) is 0 Å². The van der Waals surface area contributed by atoms with Crippen LogP contribution in [0.4, 0.5) is 11.4 Å². The number of carboxylic acid groups (broad SMARTS) is 1. The second-order valence-electron chi connectivity index (χ2n) is 3.23. The highest BCUT2D eigenvalue weighted by Crippen LogP contribution is 2.16. The number of nitrogens with zero attached hydrogens (tertiary/aromatic N) is 1. The van der Waals surface area contributed by atoms with Crippen molar-refractivity contribution in [3.63, 3.8) is 0 Å². The number of nitro groups is 1. The van der Waals surface area contributed by atoms with Crippen LogP contribution < -0.4 is 5.32 Å². The first kappa shape index (κ1) is 12.0. The first-order valence-electron chi connectivity index (χ1n) is 4.79. The van der Waals surface area contributed by atoms with Gasteiger partial charge in [0.15, 0.2) is 0 Å². The van der Waals surface area contributed by atoms with Crippen LogP contribution in [-0.2, 0) is 4.79 Å². The number of benzene rings is 1. The van der Waals surface area contributed by atoms with Gasteiger partial charge in [-0.05, 0) is 12.5 Å². The number of carbonyl (C=O) groups is 1. The third kappa shape index (κ3) is 3.95. The van der Waals surface area contributed by atoms with Crippen molar-refractivity contribution < 1.29 is 14.8 Å². The summed E-state index contributed by atoms with van der Waals surface area (Å²) in [5.74, 6) is -0.846. The highest BCUT2D eigenvalue weighted by molar-refractivity contribution is 5.66. The number of aliphatic carboxylic acids is 1. The Morgan fingerprint density at radius 1 is 1.50 bits per heavy atom. The van der Waals surface area contributed by atoms with E-state index >= 15 is 0 Å². The Morgan fingerprint density at radius 2 is 2.25 bits per heavy atom. The van der Waals surface area contributed by atoms with Crippen molar-refractivity contribution in [1.29, 1.82) is 0 Å². The second kappa shape index (κ2) is 5.69. The summed E-state index contributed by atoms with van der Waals surface area (Å²) in [6, 6.07) is 6.11. The maximum atomic E-state index is 10.5. The Hall–Kier alpha value is -2.11. The minimum atomic E-state index is -0.846. The van der Waals surface area contributed by atoms with E-state index in [0.29, 0.717) is 18.7 Å². The predicted molar refractivity (Wildman–Crippen MR) is 58.5 cm³/mol. The van der Waals surface area contributed by atoms with E-state index in [1.165, 1.54) is 12.1 Å². The highest BCUT2D eigenvalue weighted by Gasteiger charge is 2.04. The fourth-order valence-electron chi connectivity index (χ4n) is 1.20. The molecule has 6 heteroatoms. The Kier molecular flexibility index (Phi) is 4.26. The standard InChI is InChI=1S/C10H12N2O4/c13-10(14)5-2-6-11-8-3-1-4-9(7-8)12(15)16/h1,3-4,7,11H,2,5-6H2,(H,13,14). The van der Waals surface area contributed by atoms with Crippen LogP contribution in [0.5, 0.6) is 0 Å². The zero-order valence-corrected chi connectivity index (χ0v) is 8.55. The van der Waals surface area contributed by atoms with Gasteiger partial charge in [-0.15, -0.1) is 0 Å². The number of hydrogen-bond acceptors (Lipinski definition) is 4. The molecule has 0 saturated heterocycles. The molecule has 0 saturated carbocycles. The lowest BCUT2D eigenvalue weighted by Crippen LogP contribution is -2.04. The maximum Gasteiger partial charge on any atom is 0.303 e. The van der Waals surface area contributed by atoms with E-state index in [4.69, 9.17) is 5.11 Å². The molecule has 6 nitrogen and oxygen atoms in total. The van der Waals surface area contributed by atoms with Crippen LogP contribution in [0.1, 0.15) is 12.8 Å². The van der Waals surface area contributed by atoms with Gasteiger partial charge in [0, 0.05) is 30.8 Å². The molecular weight excluding hydrogens is 212 g/mol. The van der Waals surface area contributed by atoms with Crippen LogP contribution >= 0.6 is 0 Å². The summed E-state index contributed by atoms with van der Waals surface area (Å²) in [5.41, 5.74) is 0.642. The quantitative estimate of drug-likeness (QED) is 0.437. The van der Waals surface area contributed by atoms with Crippen LogP contribution in [-0.4, -0.2) is 22.5 Å². The lowest BCUT2D eigenvalue weighted by Gasteiger charge is -2.04. The highest BCUT2D eigenvalue weighted by atomic mass is 16.6. The van der Waals surface area contributed by atoms with Gasteiger partial charge in [0.1, 0.15) is 0 Å². The molecule has 0 heterocycles. The molecule has 0 atom stereocenters. The van der Waals surface area contributed by atoms with E-state index in [2.05, 4.69) is 5.32 Å². The Labute approximate surface area is 92.0 Å². The van der Waals surface area contributed by atoms with Crippen molar-refractivity contribution in [3.05, 3.63) is 34.4 Å².